The molecule has 0 aromatic carbocycles. The summed E-state index contributed by atoms with van der Waals surface area (Å²) >= 11 is 0. The molecule has 2 unspecified atom stereocenters. The predicted octanol–water partition coefficient (Wildman–Crippen LogP) is 11.5. The first-order chi connectivity index (χ1) is 40.5. The molecule has 14 nitrogen and oxygen atoms in total. The van der Waals surface area contributed by atoms with Gasteiger partial charge in [-0.25, -0.2) is 0 Å². The van der Waals surface area contributed by atoms with Gasteiger partial charge in [0.25, 0.3) is 0 Å². The predicted molar refractivity (Wildman–Crippen MR) is 359 cm³/mol. The highest BCUT2D eigenvalue weighted by molar-refractivity contribution is 5.82. The summed E-state index contributed by atoms with van der Waals surface area (Å²) in [7, 11) is 0. The van der Waals surface area contributed by atoms with E-state index in [1.165, 1.54) is 193 Å². The zero-order chi connectivity index (χ0) is 59.5. The van der Waals surface area contributed by atoms with E-state index in [0.717, 1.165) is 143 Å². The van der Waals surface area contributed by atoms with Crippen LogP contribution in [0.4, 0.5) is 0 Å². The van der Waals surface area contributed by atoms with Crippen LogP contribution in [0, 0.1) is 0 Å². The third kappa shape index (κ3) is 58.4. The second kappa shape index (κ2) is 68.1. The van der Waals surface area contributed by atoms with Gasteiger partial charge in [0.05, 0.1) is 12.1 Å². The zero-order valence-corrected chi connectivity index (χ0v) is 54.5. The fraction of sp³-hybridized carbons (Fsp3) is 0.912. The molecule has 486 valence electrons. The fourth-order valence-electron chi connectivity index (χ4n) is 10.8. The van der Waals surface area contributed by atoms with Crippen LogP contribution in [-0.4, -0.2) is 152 Å². The molecule has 2 atom stereocenters. The summed E-state index contributed by atoms with van der Waals surface area (Å²) in [6.07, 6.45) is 58.2. The largest absolute Gasteiger partial charge is 0.355 e. The highest BCUT2D eigenvalue weighted by Gasteiger charge is 2.19. The number of amides is 2. The first kappa shape index (κ1) is 80.0. The summed E-state index contributed by atoms with van der Waals surface area (Å²) < 4.78 is 0. The van der Waals surface area contributed by atoms with Gasteiger partial charge < -0.3 is 64.6 Å². The van der Waals surface area contributed by atoms with E-state index >= 15 is 0 Å². The second-order valence-corrected chi connectivity index (χ2v) is 23.9. The SMILES string of the molecule is CCCCCCCC/C=C/CCCCCCCCN(CCCCN(CCCCCCCC/C=C/CCCCCCCC)CCCNC(=O)C(CCCNCCCN)NCCCN)CCCNC(=O)C(CCCNCCCN)NCCCN. The molecule has 0 rings (SSSR count). The quantitative estimate of drug-likeness (QED) is 0.0203. The third-order valence-electron chi connectivity index (χ3n) is 16.1. The topological polar surface area (TPSA) is 217 Å². The van der Waals surface area contributed by atoms with Crippen molar-refractivity contribution in [3.8, 4) is 0 Å². The molecule has 0 radical (unpaired) electrons. The van der Waals surface area contributed by atoms with Crippen molar-refractivity contribution in [3.05, 3.63) is 24.3 Å². The molecule has 82 heavy (non-hydrogen) atoms. The van der Waals surface area contributed by atoms with Gasteiger partial charge in [-0.15, -0.1) is 0 Å². The molecule has 2 amide bonds. The van der Waals surface area contributed by atoms with Crippen molar-refractivity contribution in [1.29, 1.82) is 0 Å². The highest BCUT2D eigenvalue weighted by Crippen LogP contribution is 2.14. The summed E-state index contributed by atoms with van der Waals surface area (Å²) in [6.45, 7) is 20.2. The van der Waals surface area contributed by atoms with Crippen LogP contribution in [0.1, 0.15) is 271 Å². The molecular weight excluding hydrogens is 1020 g/mol. The van der Waals surface area contributed by atoms with Gasteiger partial charge in [0.2, 0.25) is 11.8 Å². The van der Waals surface area contributed by atoms with Crippen molar-refractivity contribution in [3.63, 3.8) is 0 Å². The Morgan fingerprint density at radius 3 is 0.915 bits per heavy atom. The number of hydrogen-bond donors (Lipinski definition) is 10. The molecular formula is C68H142N12O2. The molecule has 14 N–H and O–H groups in total. The van der Waals surface area contributed by atoms with Crippen LogP contribution in [0.3, 0.4) is 0 Å². The molecule has 14 heteroatoms. The normalized spacial score (nSPS) is 12.7. The number of nitrogens with two attached hydrogens (primary N) is 4. The summed E-state index contributed by atoms with van der Waals surface area (Å²) in [6, 6.07) is -0.387. The van der Waals surface area contributed by atoms with Gasteiger partial charge in [-0.2, -0.15) is 0 Å². The van der Waals surface area contributed by atoms with Gasteiger partial charge in [-0.05, 0) is 246 Å². The molecule has 0 heterocycles. The van der Waals surface area contributed by atoms with E-state index in [-0.39, 0.29) is 23.9 Å². The van der Waals surface area contributed by atoms with Crippen LogP contribution in [0.2, 0.25) is 0 Å². The van der Waals surface area contributed by atoms with Gasteiger partial charge in [-0.3, -0.25) is 9.59 Å². The first-order valence-corrected chi connectivity index (χ1v) is 35.5. The molecule has 0 aliphatic heterocycles. The van der Waals surface area contributed by atoms with Gasteiger partial charge in [0.15, 0.2) is 0 Å². The van der Waals surface area contributed by atoms with E-state index in [0.29, 0.717) is 39.3 Å². The van der Waals surface area contributed by atoms with Crippen molar-refractivity contribution in [2.24, 2.45) is 22.9 Å². The Hall–Kier alpha value is -1.98. The maximum Gasteiger partial charge on any atom is 0.237 e. The second-order valence-electron chi connectivity index (χ2n) is 23.9. The minimum absolute atomic E-state index is 0.113. The Labute approximate surface area is 508 Å². The Bertz CT molecular complexity index is 1240. The maximum atomic E-state index is 13.5. The number of carbonyl (C=O) groups excluding carboxylic acids is 2. The number of unbranched alkanes of at least 4 members (excludes halogenated alkanes) is 25. The number of allylic oxidation sites excluding steroid dienone is 4. The fourth-order valence-corrected chi connectivity index (χ4v) is 10.8. The van der Waals surface area contributed by atoms with Crippen molar-refractivity contribution in [2.45, 2.75) is 283 Å². The Balaban J connectivity index is 5.46. The lowest BCUT2D eigenvalue weighted by molar-refractivity contribution is -0.124. The van der Waals surface area contributed by atoms with Crippen molar-refractivity contribution < 1.29 is 9.59 Å². The molecule has 0 aromatic rings. The van der Waals surface area contributed by atoms with Crippen molar-refractivity contribution in [1.82, 2.24) is 41.7 Å². The number of carbonyl (C=O) groups is 2. The molecule has 0 fully saturated rings. The zero-order valence-electron chi connectivity index (χ0n) is 54.5. The average molecular weight is 1160 g/mol. The van der Waals surface area contributed by atoms with Crippen LogP contribution in [0.15, 0.2) is 24.3 Å². The lowest BCUT2D eigenvalue weighted by Crippen LogP contribution is -2.45. The molecule has 0 spiro atoms. The van der Waals surface area contributed by atoms with Crippen LogP contribution >= 0.6 is 0 Å². The van der Waals surface area contributed by atoms with E-state index in [1.54, 1.807) is 0 Å². The van der Waals surface area contributed by atoms with Crippen molar-refractivity contribution >= 4 is 11.8 Å². The summed E-state index contributed by atoms with van der Waals surface area (Å²) in [4.78, 5) is 32.3. The van der Waals surface area contributed by atoms with Gasteiger partial charge in [-0.1, -0.05) is 154 Å². The molecule has 0 aliphatic carbocycles. The number of nitrogens with zero attached hydrogens (tertiary/aromatic N) is 2. The maximum absolute atomic E-state index is 13.5. The molecule has 0 saturated carbocycles. The Morgan fingerprint density at radius 2 is 0.585 bits per heavy atom. The van der Waals surface area contributed by atoms with E-state index < -0.39 is 0 Å². The van der Waals surface area contributed by atoms with Gasteiger partial charge >= 0.3 is 0 Å². The van der Waals surface area contributed by atoms with Crippen molar-refractivity contribution in [2.75, 3.05) is 118 Å². The summed E-state index contributed by atoms with van der Waals surface area (Å²) in [5.41, 5.74) is 23.0. The Morgan fingerprint density at radius 1 is 0.317 bits per heavy atom. The van der Waals surface area contributed by atoms with Crippen LogP contribution in [0.25, 0.3) is 0 Å². The van der Waals surface area contributed by atoms with Gasteiger partial charge in [0, 0.05) is 13.1 Å². The number of rotatable bonds is 69. The van der Waals surface area contributed by atoms with Crippen LogP contribution < -0.4 is 54.8 Å². The molecule has 0 aromatic heterocycles. The lowest BCUT2D eigenvalue weighted by Gasteiger charge is -2.25. The van der Waals surface area contributed by atoms with Gasteiger partial charge in [0.1, 0.15) is 0 Å². The van der Waals surface area contributed by atoms with Crippen LogP contribution in [-0.2, 0) is 9.59 Å². The molecule has 0 aliphatic rings. The first-order valence-electron chi connectivity index (χ1n) is 35.5. The third-order valence-corrected chi connectivity index (χ3v) is 16.1. The monoisotopic (exact) mass is 1160 g/mol. The van der Waals surface area contributed by atoms with E-state index in [2.05, 4.69) is 79.9 Å². The van der Waals surface area contributed by atoms with E-state index in [9.17, 15) is 9.59 Å². The van der Waals surface area contributed by atoms with E-state index in [4.69, 9.17) is 22.9 Å². The Kier molecular flexibility index (Phi) is 66.5. The molecule has 0 saturated heterocycles. The standard InChI is InChI=1S/C68H142N12O2/c1-3-5-7-9-11-13-15-17-19-21-23-25-27-29-31-33-59-79(63-43-57-77-67(81)65(75-55-41-49-71)45-37-51-73-53-39-47-69)61-35-36-62-80(60-34-32-30-28-26-24-22-20-18-16-14-12-10-8-6-4-2)64-44-58-78-68(82)66(76-56-42-50-72)46-38-52-74-54-40-48-70/h17-20,65-66,73-76H,3-16,21-64,69-72H2,1-2H3,(H,77,81)(H,78,82)/b19-17+,20-18+. The lowest BCUT2D eigenvalue weighted by atomic mass is 10.1. The van der Waals surface area contributed by atoms with Crippen LogP contribution in [0.5, 0.6) is 0 Å². The van der Waals surface area contributed by atoms with E-state index in [1.807, 2.05) is 0 Å². The smallest absolute Gasteiger partial charge is 0.237 e. The summed E-state index contributed by atoms with van der Waals surface area (Å²) in [5, 5.41) is 20.5. The molecule has 0 bridgehead atoms. The summed E-state index contributed by atoms with van der Waals surface area (Å²) in [5.74, 6) is 0.225. The minimum Gasteiger partial charge on any atom is -0.355 e. The average Bonchev–Trinajstić information content (AvgIpc) is 3.48. The minimum atomic E-state index is -0.193. The number of nitrogens with one attached hydrogen (secondary N) is 6. The highest BCUT2D eigenvalue weighted by atomic mass is 16.2. The number of hydrogen-bond acceptors (Lipinski definition) is 12.